The van der Waals surface area contributed by atoms with Crippen LogP contribution < -0.4 is 5.32 Å². The highest BCUT2D eigenvalue weighted by Gasteiger charge is 2.27. The number of benzene rings is 1. The van der Waals surface area contributed by atoms with Gasteiger partial charge >= 0.3 is 0 Å². The van der Waals surface area contributed by atoms with Gasteiger partial charge in [-0.25, -0.2) is 4.39 Å². The number of hydrogen-bond acceptors (Lipinski definition) is 4. The lowest BCUT2D eigenvalue weighted by atomic mass is 9.97. The maximum Gasteiger partial charge on any atom is 0.287 e. The molecular weight excluding hydrogens is 351 g/mol. The smallest absolute Gasteiger partial charge is 0.287 e. The third kappa shape index (κ3) is 5.17. The Balaban J connectivity index is 1.70. The first-order valence-electron chi connectivity index (χ1n) is 8.98. The molecule has 1 fully saturated rings. The zero-order valence-corrected chi connectivity index (χ0v) is 15.2. The summed E-state index contributed by atoms with van der Waals surface area (Å²) in [5.74, 6) is -0.442. The van der Waals surface area contributed by atoms with Gasteiger partial charge in [0.25, 0.3) is 5.91 Å². The van der Waals surface area contributed by atoms with Gasteiger partial charge in [0.15, 0.2) is 5.76 Å². The third-order valence-electron chi connectivity index (χ3n) is 4.52. The van der Waals surface area contributed by atoms with Gasteiger partial charge in [0.2, 0.25) is 5.91 Å². The molecule has 27 heavy (non-hydrogen) atoms. The number of morpholine rings is 1. The second-order valence-electron chi connectivity index (χ2n) is 6.59. The van der Waals surface area contributed by atoms with Crippen LogP contribution >= 0.6 is 0 Å². The van der Waals surface area contributed by atoms with Gasteiger partial charge in [0.05, 0.1) is 19.1 Å². The van der Waals surface area contributed by atoms with Gasteiger partial charge in [-0.1, -0.05) is 12.1 Å². The minimum Gasteiger partial charge on any atom is -0.456 e. The van der Waals surface area contributed by atoms with E-state index >= 15 is 0 Å². The van der Waals surface area contributed by atoms with Crippen LogP contribution in [0, 0.1) is 18.7 Å². The van der Waals surface area contributed by atoms with E-state index < -0.39 is 5.92 Å². The molecule has 1 aliphatic rings. The Morgan fingerprint density at radius 3 is 2.67 bits per heavy atom. The van der Waals surface area contributed by atoms with E-state index in [1.165, 1.54) is 12.1 Å². The standard InChI is InChI=1S/C20H23FN2O4/c1-14-5-6-18(27-14)19(24)22-13-16(11-15-3-2-4-17(21)12-15)20(25)23-7-9-26-10-8-23/h2-6,12,16H,7-11,13H2,1H3,(H,22,24). The molecule has 0 spiro atoms. The van der Waals surface area contributed by atoms with Crippen LogP contribution in [0.1, 0.15) is 21.9 Å². The number of carbonyl (C=O) groups is 2. The van der Waals surface area contributed by atoms with Gasteiger partial charge in [-0.15, -0.1) is 0 Å². The zero-order chi connectivity index (χ0) is 19.2. The van der Waals surface area contributed by atoms with Gasteiger partial charge in [0.1, 0.15) is 11.6 Å². The van der Waals surface area contributed by atoms with Crippen molar-refractivity contribution in [1.82, 2.24) is 10.2 Å². The molecule has 1 unspecified atom stereocenters. The Morgan fingerprint density at radius 2 is 2.00 bits per heavy atom. The fourth-order valence-electron chi connectivity index (χ4n) is 3.10. The first-order chi connectivity index (χ1) is 13.0. The number of carbonyl (C=O) groups excluding carboxylic acids is 2. The highest BCUT2D eigenvalue weighted by Crippen LogP contribution is 2.15. The summed E-state index contributed by atoms with van der Waals surface area (Å²) in [7, 11) is 0. The van der Waals surface area contributed by atoms with Crippen molar-refractivity contribution in [1.29, 1.82) is 0 Å². The zero-order valence-electron chi connectivity index (χ0n) is 15.2. The number of nitrogens with zero attached hydrogens (tertiary/aromatic N) is 1. The van der Waals surface area contributed by atoms with Crippen LogP contribution in [0.5, 0.6) is 0 Å². The van der Waals surface area contributed by atoms with Crippen molar-refractivity contribution in [3.8, 4) is 0 Å². The number of amides is 2. The molecule has 7 heteroatoms. The monoisotopic (exact) mass is 374 g/mol. The number of ether oxygens (including phenoxy) is 1. The second-order valence-corrected chi connectivity index (χ2v) is 6.59. The quantitative estimate of drug-likeness (QED) is 0.841. The average molecular weight is 374 g/mol. The van der Waals surface area contributed by atoms with Crippen LogP contribution in [0.4, 0.5) is 4.39 Å². The lowest BCUT2D eigenvalue weighted by Crippen LogP contribution is -2.47. The summed E-state index contributed by atoms with van der Waals surface area (Å²) in [5.41, 5.74) is 0.713. The molecule has 0 bridgehead atoms. The number of rotatable bonds is 6. The highest BCUT2D eigenvalue weighted by atomic mass is 19.1. The molecule has 2 aromatic rings. The van der Waals surface area contributed by atoms with Crippen molar-refractivity contribution >= 4 is 11.8 Å². The van der Waals surface area contributed by atoms with E-state index in [4.69, 9.17) is 9.15 Å². The van der Waals surface area contributed by atoms with E-state index in [1.54, 1.807) is 36.1 Å². The van der Waals surface area contributed by atoms with Crippen LogP contribution in [-0.2, 0) is 16.0 Å². The topological polar surface area (TPSA) is 71.8 Å². The number of furan rings is 1. The lowest BCUT2D eigenvalue weighted by Gasteiger charge is -2.30. The fraction of sp³-hybridized carbons (Fsp3) is 0.400. The Bertz CT molecular complexity index is 799. The minimum absolute atomic E-state index is 0.0708. The minimum atomic E-state index is -0.495. The Hall–Kier alpha value is -2.67. The number of aryl methyl sites for hydroxylation is 1. The number of halogens is 1. The molecule has 6 nitrogen and oxygen atoms in total. The molecule has 0 aliphatic carbocycles. The van der Waals surface area contributed by atoms with Crippen molar-refractivity contribution in [3.63, 3.8) is 0 Å². The molecule has 2 amide bonds. The summed E-state index contributed by atoms with van der Waals surface area (Å²) >= 11 is 0. The van der Waals surface area contributed by atoms with Crippen LogP contribution in [0.2, 0.25) is 0 Å². The van der Waals surface area contributed by atoms with Crippen LogP contribution in [0.15, 0.2) is 40.8 Å². The summed E-state index contributed by atoms with van der Waals surface area (Å²) in [6.45, 7) is 3.93. The van der Waals surface area contributed by atoms with Crippen LogP contribution in [-0.4, -0.2) is 49.6 Å². The SMILES string of the molecule is Cc1ccc(C(=O)NCC(Cc2cccc(F)c2)C(=O)N2CCOCC2)o1. The van der Waals surface area contributed by atoms with Crippen LogP contribution in [0.25, 0.3) is 0 Å². The molecule has 1 aliphatic heterocycles. The van der Waals surface area contributed by atoms with Crippen molar-refractivity contribution < 1.29 is 23.1 Å². The molecular formula is C20H23FN2O4. The van der Waals surface area contributed by atoms with Crippen LogP contribution in [0.3, 0.4) is 0 Å². The number of nitrogens with one attached hydrogen (secondary N) is 1. The van der Waals surface area contributed by atoms with Crippen molar-refractivity contribution in [2.24, 2.45) is 5.92 Å². The first kappa shape index (κ1) is 19.1. The Morgan fingerprint density at radius 1 is 1.22 bits per heavy atom. The molecule has 0 saturated carbocycles. The summed E-state index contributed by atoms with van der Waals surface area (Å²) < 4.78 is 24.1. The van der Waals surface area contributed by atoms with E-state index in [0.717, 1.165) is 0 Å². The maximum absolute atomic E-state index is 13.5. The predicted molar refractivity (Wildman–Crippen MR) is 96.8 cm³/mol. The van der Waals surface area contributed by atoms with Gasteiger partial charge in [0, 0.05) is 19.6 Å². The van der Waals surface area contributed by atoms with E-state index in [0.29, 0.717) is 44.0 Å². The van der Waals surface area contributed by atoms with Crippen molar-refractivity contribution in [2.75, 3.05) is 32.8 Å². The Kier molecular flexibility index (Phi) is 6.24. The lowest BCUT2D eigenvalue weighted by molar-refractivity contribution is -0.139. The molecule has 3 rings (SSSR count). The highest BCUT2D eigenvalue weighted by molar-refractivity contribution is 5.92. The average Bonchev–Trinajstić information content (AvgIpc) is 3.11. The van der Waals surface area contributed by atoms with Gasteiger partial charge < -0.3 is 19.4 Å². The fourth-order valence-corrected chi connectivity index (χ4v) is 3.10. The molecule has 1 N–H and O–H groups in total. The van der Waals surface area contributed by atoms with Crippen molar-refractivity contribution in [3.05, 3.63) is 59.3 Å². The summed E-state index contributed by atoms with van der Waals surface area (Å²) in [4.78, 5) is 26.9. The number of hydrogen-bond donors (Lipinski definition) is 1. The normalized spacial score (nSPS) is 15.4. The molecule has 1 aromatic carbocycles. The van der Waals surface area contributed by atoms with Gasteiger partial charge in [-0.2, -0.15) is 0 Å². The molecule has 2 heterocycles. The second kappa shape index (κ2) is 8.81. The largest absolute Gasteiger partial charge is 0.456 e. The summed E-state index contributed by atoms with van der Waals surface area (Å²) in [5, 5.41) is 2.76. The summed E-state index contributed by atoms with van der Waals surface area (Å²) in [6, 6.07) is 9.47. The van der Waals surface area contributed by atoms with E-state index in [-0.39, 0.29) is 29.9 Å². The van der Waals surface area contributed by atoms with E-state index in [1.807, 2.05) is 0 Å². The molecule has 144 valence electrons. The van der Waals surface area contributed by atoms with Crippen molar-refractivity contribution in [2.45, 2.75) is 13.3 Å². The molecule has 0 radical (unpaired) electrons. The predicted octanol–water partition coefficient (Wildman–Crippen LogP) is 2.17. The van der Waals surface area contributed by atoms with E-state index in [9.17, 15) is 14.0 Å². The first-order valence-corrected chi connectivity index (χ1v) is 8.98. The Labute approximate surface area is 157 Å². The molecule has 1 atom stereocenters. The maximum atomic E-state index is 13.5. The molecule has 1 aromatic heterocycles. The summed E-state index contributed by atoms with van der Waals surface area (Å²) in [6.07, 6.45) is 0.339. The van der Waals surface area contributed by atoms with Gasteiger partial charge in [-0.3, -0.25) is 9.59 Å². The third-order valence-corrected chi connectivity index (χ3v) is 4.52. The van der Waals surface area contributed by atoms with Gasteiger partial charge in [-0.05, 0) is 43.2 Å². The molecule has 1 saturated heterocycles. The van der Waals surface area contributed by atoms with E-state index in [2.05, 4.69) is 5.32 Å².